The number of nitrogens with zero attached hydrogens (tertiary/aromatic N) is 1. The van der Waals surface area contributed by atoms with Gasteiger partial charge in [-0.3, -0.25) is 0 Å². The zero-order chi connectivity index (χ0) is 14.8. The zero-order valence-electron chi connectivity index (χ0n) is 11.4. The highest BCUT2D eigenvalue weighted by Gasteiger charge is 2.31. The molecule has 2 N–H and O–H groups in total. The van der Waals surface area contributed by atoms with Gasteiger partial charge in [0, 0.05) is 23.6 Å². The van der Waals surface area contributed by atoms with Crippen molar-refractivity contribution < 1.29 is 13.2 Å². The van der Waals surface area contributed by atoms with Crippen LogP contribution in [0.4, 0.5) is 0 Å². The van der Waals surface area contributed by atoms with Crippen molar-refractivity contribution in [2.75, 3.05) is 19.7 Å². The Balaban J connectivity index is 2.40. The molecule has 1 atom stereocenters. The molecule has 0 radical (unpaired) electrons. The zero-order valence-corrected chi connectivity index (χ0v) is 13.8. The van der Waals surface area contributed by atoms with E-state index < -0.39 is 10.0 Å². The first-order valence-electron chi connectivity index (χ1n) is 6.63. The Hall–Kier alpha value is -0.630. The summed E-state index contributed by atoms with van der Waals surface area (Å²) in [6, 6.07) is 4.93. The maximum absolute atomic E-state index is 12.8. The number of rotatable bonds is 4. The van der Waals surface area contributed by atoms with Crippen LogP contribution in [0.2, 0.25) is 0 Å². The van der Waals surface area contributed by atoms with Crippen LogP contribution < -0.4 is 10.5 Å². The van der Waals surface area contributed by atoms with Crippen molar-refractivity contribution in [2.45, 2.75) is 30.7 Å². The molecule has 0 aliphatic carbocycles. The standard InChI is InChI=1S/C13H19BrN2O3S/c1-2-19-12-6-5-10(14)8-13(12)20(17,18)16-7-3-4-11(15)9-16/h5-6,8,11H,2-4,7,9,15H2,1H3. The quantitative estimate of drug-likeness (QED) is 0.888. The van der Waals surface area contributed by atoms with E-state index in [1.165, 1.54) is 4.31 Å². The lowest BCUT2D eigenvalue weighted by Gasteiger charge is -2.30. The SMILES string of the molecule is CCOc1ccc(Br)cc1S(=O)(=O)N1CCCC(N)C1. The van der Waals surface area contributed by atoms with Gasteiger partial charge in [-0.1, -0.05) is 15.9 Å². The van der Waals surface area contributed by atoms with Crippen molar-refractivity contribution in [3.63, 3.8) is 0 Å². The predicted molar refractivity (Wildman–Crippen MR) is 81.3 cm³/mol. The normalized spacial score (nSPS) is 20.9. The van der Waals surface area contributed by atoms with E-state index in [1.807, 2.05) is 6.92 Å². The molecule has 1 aliphatic rings. The van der Waals surface area contributed by atoms with Crippen LogP contribution in [-0.4, -0.2) is 38.5 Å². The van der Waals surface area contributed by atoms with Crippen molar-refractivity contribution in [1.82, 2.24) is 4.31 Å². The minimum absolute atomic E-state index is 0.0961. The van der Waals surface area contributed by atoms with Gasteiger partial charge in [0.05, 0.1) is 6.61 Å². The molecule has 0 saturated carbocycles. The monoisotopic (exact) mass is 362 g/mol. The highest BCUT2D eigenvalue weighted by Crippen LogP contribution is 2.31. The number of halogens is 1. The van der Waals surface area contributed by atoms with Gasteiger partial charge in [-0.25, -0.2) is 8.42 Å². The van der Waals surface area contributed by atoms with Crippen LogP contribution in [0.5, 0.6) is 5.75 Å². The number of hydrogen-bond donors (Lipinski definition) is 1. The molecule has 1 unspecified atom stereocenters. The van der Waals surface area contributed by atoms with E-state index in [0.29, 0.717) is 29.9 Å². The van der Waals surface area contributed by atoms with Gasteiger partial charge in [0.2, 0.25) is 10.0 Å². The molecule has 112 valence electrons. The van der Waals surface area contributed by atoms with E-state index in [9.17, 15) is 8.42 Å². The maximum atomic E-state index is 12.8. The molecular formula is C13H19BrN2O3S. The maximum Gasteiger partial charge on any atom is 0.246 e. The van der Waals surface area contributed by atoms with E-state index in [-0.39, 0.29) is 10.9 Å². The van der Waals surface area contributed by atoms with Crippen LogP contribution in [-0.2, 0) is 10.0 Å². The van der Waals surface area contributed by atoms with Gasteiger partial charge in [-0.2, -0.15) is 4.31 Å². The fraction of sp³-hybridized carbons (Fsp3) is 0.538. The first-order valence-corrected chi connectivity index (χ1v) is 8.86. The summed E-state index contributed by atoms with van der Waals surface area (Å²) >= 11 is 3.31. The molecule has 7 heteroatoms. The number of benzene rings is 1. The van der Waals surface area contributed by atoms with Gasteiger partial charge in [0.1, 0.15) is 10.6 Å². The summed E-state index contributed by atoms with van der Waals surface area (Å²) in [4.78, 5) is 0.197. The summed E-state index contributed by atoms with van der Waals surface area (Å²) in [5.41, 5.74) is 5.88. The van der Waals surface area contributed by atoms with E-state index in [4.69, 9.17) is 10.5 Å². The molecule has 5 nitrogen and oxygen atoms in total. The van der Waals surface area contributed by atoms with E-state index in [0.717, 1.165) is 12.8 Å². The van der Waals surface area contributed by atoms with Gasteiger partial charge < -0.3 is 10.5 Å². The van der Waals surface area contributed by atoms with E-state index in [1.54, 1.807) is 18.2 Å². The summed E-state index contributed by atoms with van der Waals surface area (Å²) in [5, 5.41) is 0. The first-order chi connectivity index (χ1) is 9.45. The molecule has 0 bridgehead atoms. The second-order valence-corrected chi connectivity index (χ2v) is 7.61. The van der Waals surface area contributed by atoms with Crippen LogP contribution >= 0.6 is 15.9 Å². The summed E-state index contributed by atoms with van der Waals surface area (Å²) in [5.74, 6) is 0.384. The Morgan fingerprint density at radius 3 is 2.90 bits per heavy atom. The summed E-state index contributed by atoms with van der Waals surface area (Å²) in [6.07, 6.45) is 1.65. The predicted octanol–water partition coefficient (Wildman–Crippen LogP) is 1.96. The van der Waals surface area contributed by atoms with Crippen LogP contribution in [0.15, 0.2) is 27.6 Å². The van der Waals surface area contributed by atoms with Gasteiger partial charge >= 0.3 is 0 Å². The van der Waals surface area contributed by atoms with Crippen LogP contribution in [0.25, 0.3) is 0 Å². The summed E-state index contributed by atoms with van der Waals surface area (Å²) in [6.45, 7) is 3.12. The molecule has 0 aromatic heterocycles. The van der Waals surface area contributed by atoms with Crippen molar-refractivity contribution >= 4 is 26.0 Å². The molecule has 0 spiro atoms. The van der Waals surface area contributed by atoms with Gasteiger partial charge in [0.25, 0.3) is 0 Å². The average molecular weight is 363 g/mol. The molecule has 0 amide bonds. The molecule has 1 aromatic carbocycles. The highest BCUT2D eigenvalue weighted by atomic mass is 79.9. The largest absolute Gasteiger partial charge is 0.492 e. The fourth-order valence-electron chi connectivity index (χ4n) is 2.29. The lowest BCUT2D eigenvalue weighted by atomic mass is 10.1. The third kappa shape index (κ3) is 3.33. The van der Waals surface area contributed by atoms with Crippen LogP contribution in [0.1, 0.15) is 19.8 Å². The molecule has 2 rings (SSSR count). The van der Waals surface area contributed by atoms with E-state index in [2.05, 4.69) is 15.9 Å². The second kappa shape index (κ2) is 6.43. The molecule has 1 saturated heterocycles. The first kappa shape index (κ1) is 15.8. The number of nitrogens with two attached hydrogens (primary N) is 1. The Labute approximate surface area is 128 Å². The van der Waals surface area contributed by atoms with Gasteiger partial charge in [-0.15, -0.1) is 0 Å². The van der Waals surface area contributed by atoms with Crippen LogP contribution in [0, 0.1) is 0 Å². The third-order valence-electron chi connectivity index (χ3n) is 3.24. The van der Waals surface area contributed by atoms with Crippen molar-refractivity contribution in [2.24, 2.45) is 5.73 Å². The Morgan fingerprint density at radius 1 is 1.50 bits per heavy atom. The Bertz CT molecular complexity index is 577. The number of piperidine rings is 1. The Kier molecular flexibility index (Phi) is 5.06. The summed E-state index contributed by atoms with van der Waals surface area (Å²) < 4.78 is 33.1. The van der Waals surface area contributed by atoms with Crippen LogP contribution in [0.3, 0.4) is 0 Å². The fourth-order valence-corrected chi connectivity index (χ4v) is 4.49. The van der Waals surface area contributed by atoms with Gasteiger partial charge in [-0.05, 0) is 38.0 Å². The van der Waals surface area contributed by atoms with Crippen molar-refractivity contribution in [3.05, 3.63) is 22.7 Å². The van der Waals surface area contributed by atoms with Crippen molar-refractivity contribution in [1.29, 1.82) is 0 Å². The molecule has 1 aliphatic heterocycles. The lowest BCUT2D eigenvalue weighted by molar-refractivity contribution is 0.308. The molecule has 1 heterocycles. The van der Waals surface area contributed by atoms with E-state index >= 15 is 0 Å². The molecule has 1 fully saturated rings. The highest BCUT2D eigenvalue weighted by molar-refractivity contribution is 9.10. The minimum atomic E-state index is -3.57. The average Bonchev–Trinajstić information content (AvgIpc) is 2.41. The van der Waals surface area contributed by atoms with Gasteiger partial charge in [0.15, 0.2) is 0 Å². The topological polar surface area (TPSA) is 72.6 Å². The van der Waals surface area contributed by atoms with Crippen molar-refractivity contribution in [3.8, 4) is 5.75 Å². The third-order valence-corrected chi connectivity index (χ3v) is 5.62. The summed E-state index contributed by atoms with van der Waals surface area (Å²) in [7, 11) is -3.57. The lowest BCUT2D eigenvalue weighted by Crippen LogP contribution is -2.45. The number of ether oxygens (including phenoxy) is 1. The molecular weight excluding hydrogens is 344 g/mol. The number of hydrogen-bond acceptors (Lipinski definition) is 4. The molecule has 1 aromatic rings. The number of sulfonamides is 1. The molecule has 20 heavy (non-hydrogen) atoms. The smallest absolute Gasteiger partial charge is 0.246 e. The second-order valence-electron chi connectivity index (χ2n) is 4.79. The Morgan fingerprint density at radius 2 is 2.25 bits per heavy atom. The minimum Gasteiger partial charge on any atom is -0.492 e.